The molecule has 1 unspecified atom stereocenters. The molecule has 0 radical (unpaired) electrons. The van der Waals surface area contributed by atoms with E-state index in [-0.39, 0.29) is 0 Å². The van der Waals surface area contributed by atoms with Gasteiger partial charge in [0.25, 0.3) is 0 Å². The summed E-state index contributed by atoms with van der Waals surface area (Å²) in [6, 6.07) is 0. The number of aromatic amines is 1. The van der Waals surface area contributed by atoms with Gasteiger partial charge in [0.2, 0.25) is 0 Å². The lowest BCUT2D eigenvalue weighted by molar-refractivity contribution is 0.0643. The highest BCUT2D eigenvalue weighted by atomic mass is 35.5. The van der Waals surface area contributed by atoms with Gasteiger partial charge in [-0.1, -0.05) is 24.9 Å². The van der Waals surface area contributed by atoms with E-state index in [1.807, 2.05) is 0 Å². The lowest BCUT2D eigenvalue weighted by Crippen LogP contribution is -2.29. The van der Waals surface area contributed by atoms with Gasteiger partial charge in [0.1, 0.15) is 5.82 Å². The molecule has 1 heterocycles. The zero-order valence-corrected chi connectivity index (χ0v) is 11.8. The standard InChI is InChI=1S/C12H22ClN3O2/c1-3-4-5-11-15-10(12(13)16-11)7-14-6-9(17)8-18-2/h9,14,17H,3-8H2,1-2H3,(H,15,16). The normalized spacial score (nSPS) is 12.9. The van der Waals surface area contributed by atoms with Gasteiger partial charge in [-0.2, -0.15) is 0 Å². The number of halogens is 1. The van der Waals surface area contributed by atoms with Crippen molar-refractivity contribution < 1.29 is 9.84 Å². The fourth-order valence-electron chi connectivity index (χ4n) is 1.63. The number of rotatable bonds is 9. The largest absolute Gasteiger partial charge is 0.389 e. The zero-order valence-electron chi connectivity index (χ0n) is 11.0. The van der Waals surface area contributed by atoms with Crippen LogP contribution in [0.1, 0.15) is 31.3 Å². The summed E-state index contributed by atoms with van der Waals surface area (Å²) in [6.07, 6.45) is 2.65. The van der Waals surface area contributed by atoms with Gasteiger partial charge < -0.3 is 20.1 Å². The van der Waals surface area contributed by atoms with Crippen LogP contribution in [0.4, 0.5) is 0 Å². The first-order valence-corrected chi connectivity index (χ1v) is 6.66. The van der Waals surface area contributed by atoms with Crippen molar-refractivity contribution in [2.45, 2.75) is 38.8 Å². The molecule has 0 spiro atoms. The van der Waals surface area contributed by atoms with E-state index in [1.54, 1.807) is 7.11 Å². The lowest BCUT2D eigenvalue weighted by Gasteiger charge is -2.09. The predicted molar refractivity (Wildman–Crippen MR) is 71.8 cm³/mol. The van der Waals surface area contributed by atoms with Gasteiger partial charge in [0, 0.05) is 26.6 Å². The third-order valence-electron chi connectivity index (χ3n) is 2.59. The highest BCUT2D eigenvalue weighted by molar-refractivity contribution is 6.30. The maximum Gasteiger partial charge on any atom is 0.151 e. The molecule has 1 atom stereocenters. The molecule has 5 nitrogen and oxygen atoms in total. The molecular weight excluding hydrogens is 254 g/mol. The van der Waals surface area contributed by atoms with Gasteiger partial charge in [-0.05, 0) is 6.42 Å². The molecule has 0 saturated carbocycles. The number of imidazole rings is 1. The van der Waals surface area contributed by atoms with Crippen molar-refractivity contribution >= 4 is 11.6 Å². The fourth-order valence-corrected chi connectivity index (χ4v) is 1.85. The van der Waals surface area contributed by atoms with E-state index in [1.165, 1.54) is 0 Å². The van der Waals surface area contributed by atoms with Crippen LogP contribution in [0.25, 0.3) is 0 Å². The molecule has 1 aromatic rings. The quantitative estimate of drug-likeness (QED) is 0.639. The summed E-state index contributed by atoms with van der Waals surface area (Å²) in [5, 5.41) is 13.1. The van der Waals surface area contributed by atoms with Gasteiger partial charge in [0.15, 0.2) is 5.15 Å². The number of hydrogen-bond acceptors (Lipinski definition) is 4. The average Bonchev–Trinajstić information content (AvgIpc) is 2.68. The van der Waals surface area contributed by atoms with Crippen molar-refractivity contribution in [3.05, 3.63) is 16.7 Å². The topological polar surface area (TPSA) is 70.2 Å². The maximum absolute atomic E-state index is 9.47. The summed E-state index contributed by atoms with van der Waals surface area (Å²) in [6.45, 7) is 3.50. The molecule has 0 amide bonds. The van der Waals surface area contributed by atoms with Crippen molar-refractivity contribution in [1.82, 2.24) is 15.3 Å². The van der Waals surface area contributed by atoms with Crippen LogP contribution in [0, 0.1) is 0 Å². The van der Waals surface area contributed by atoms with E-state index in [0.29, 0.717) is 24.8 Å². The van der Waals surface area contributed by atoms with Gasteiger partial charge in [0.05, 0.1) is 18.4 Å². The van der Waals surface area contributed by atoms with Crippen LogP contribution in [-0.2, 0) is 17.7 Å². The van der Waals surface area contributed by atoms with E-state index in [2.05, 4.69) is 22.2 Å². The summed E-state index contributed by atoms with van der Waals surface area (Å²) in [7, 11) is 1.56. The van der Waals surface area contributed by atoms with Crippen molar-refractivity contribution in [3.63, 3.8) is 0 Å². The lowest BCUT2D eigenvalue weighted by atomic mass is 10.2. The van der Waals surface area contributed by atoms with Crippen molar-refractivity contribution in [1.29, 1.82) is 0 Å². The van der Waals surface area contributed by atoms with Crippen LogP contribution in [0.15, 0.2) is 0 Å². The Hall–Kier alpha value is -0.620. The summed E-state index contributed by atoms with van der Waals surface area (Å²) < 4.78 is 4.84. The molecule has 18 heavy (non-hydrogen) atoms. The molecule has 0 bridgehead atoms. The van der Waals surface area contributed by atoms with Gasteiger partial charge in [-0.3, -0.25) is 0 Å². The number of H-pyrrole nitrogens is 1. The van der Waals surface area contributed by atoms with Crippen LogP contribution in [0.3, 0.4) is 0 Å². The molecule has 104 valence electrons. The number of hydrogen-bond donors (Lipinski definition) is 3. The van der Waals surface area contributed by atoms with Crippen LogP contribution in [-0.4, -0.2) is 41.4 Å². The van der Waals surface area contributed by atoms with E-state index in [4.69, 9.17) is 16.3 Å². The smallest absolute Gasteiger partial charge is 0.151 e. The third kappa shape index (κ3) is 5.35. The Bertz CT molecular complexity index is 344. The van der Waals surface area contributed by atoms with E-state index < -0.39 is 6.10 Å². The van der Waals surface area contributed by atoms with Crippen LogP contribution in [0.5, 0.6) is 0 Å². The predicted octanol–water partition coefficient (Wildman–Crippen LogP) is 1.50. The fraction of sp³-hybridized carbons (Fsp3) is 0.750. The van der Waals surface area contributed by atoms with Crippen molar-refractivity contribution in [2.24, 2.45) is 0 Å². The Morgan fingerprint density at radius 2 is 2.33 bits per heavy atom. The summed E-state index contributed by atoms with van der Waals surface area (Å²) in [5.74, 6) is 0.927. The van der Waals surface area contributed by atoms with Gasteiger partial charge >= 0.3 is 0 Å². The Balaban J connectivity index is 2.35. The highest BCUT2D eigenvalue weighted by Gasteiger charge is 2.08. The van der Waals surface area contributed by atoms with Crippen LogP contribution >= 0.6 is 11.6 Å². The molecule has 3 N–H and O–H groups in total. The number of ether oxygens (including phenoxy) is 1. The SMILES string of the molecule is CCCCc1nc(Cl)c(CNCC(O)COC)[nH]1. The minimum atomic E-state index is -0.503. The zero-order chi connectivity index (χ0) is 13.4. The second-order valence-corrected chi connectivity index (χ2v) is 4.65. The second-order valence-electron chi connectivity index (χ2n) is 4.30. The van der Waals surface area contributed by atoms with Crippen molar-refractivity contribution in [3.8, 4) is 0 Å². The monoisotopic (exact) mass is 275 g/mol. The molecular formula is C12H22ClN3O2. The number of methoxy groups -OCH3 is 1. The Morgan fingerprint density at radius 1 is 1.56 bits per heavy atom. The summed E-state index contributed by atoms with van der Waals surface area (Å²) >= 11 is 6.03. The Labute approximate surface area is 113 Å². The Kier molecular flexibility index (Phi) is 7.27. The number of nitrogens with zero attached hydrogens (tertiary/aromatic N) is 1. The average molecular weight is 276 g/mol. The van der Waals surface area contributed by atoms with Crippen LogP contribution in [0.2, 0.25) is 5.15 Å². The Morgan fingerprint density at radius 3 is 3.00 bits per heavy atom. The maximum atomic E-state index is 9.47. The first-order chi connectivity index (χ1) is 8.67. The molecule has 0 aliphatic carbocycles. The summed E-state index contributed by atoms with van der Waals surface area (Å²) in [5.41, 5.74) is 0.868. The molecule has 6 heteroatoms. The number of aromatic nitrogens is 2. The first kappa shape index (κ1) is 15.4. The number of unbranched alkanes of at least 4 members (excludes halogenated alkanes) is 1. The van der Waals surface area contributed by atoms with Gasteiger partial charge in [-0.25, -0.2) is 4.98 Å². The highest BCUT2D eigenvalue weighted by Crippen LogP contribution is 2.13. The number of nitrogens with one attached hydrogen (secondary N) is 2. The second kappa shape index (κ2) is 8.48. The number of aryl methyl sites for hydroxylation is 1. The molecule has 0 fully saturated rings. The van der Waals surface area contributed by atoms with E-state index in [9.17, 15) is 5.11 Å². The third-order valence-corrected chi connectivity index (χ3v) is 2.90. The molecule has 0 aliphatic rings. The van der Waals surface area contributed by atoms with E-state index in [0.717, 1.165) is 30.8 Å². The minimum absolute atomic E-state index is 0.325. The van der Waals surface area contributed by atoms with E-state index >= 15 is 0 Å². The number of aliphatic hydroxyl groups excluding tert-OH is 1. The number of aliphatic hydroxyl groups is 1. The molecule has 0 aliphatic heterocycles. The van der Waals surface area contributed by atoms with Crippen LogP contribution < -0.4 is 5.32 Å². The summed E-state index contributed by atoms with van der Waals surface area (Å²) in [4.78, 5) is 7.47. The van der Waals surface area contributed by atoms with Gasteiger partial charge in [-0.15, -0.1) is 0 Å². The minimum Gasteiger partial charge on any atom is -0.389 e. The van der Waals surface area contributed by atoms with Crippen molar-refractivity contribution in [2.75, 3.05) is 20.3 Å². The molecule has 0 aromatic carbocycles. The molecule has 1 aromatic heterocycles. The first-order valence-electron chi connectivity index (χ1n) is 6.28. The molecule has 0 saturated heterocycles. The molecule has 1 rings (SSSR count).